The molecular weight excluding hydrogens is 340 g/mol. The zero-order valence-electron chi connectivity index (χ0n) is 15.6. The van der Waals surface area contributed by atoms with E-state index < -0.39 is 12.0 Å². The van der Waals surface area contributed by atoms with Gasteiger partial charge in [0.25, 0.3) is 0 Å². The maximum atomic E-state index is 12.3. The molecule has 0 bridgehead atoms. The number of aromatic amines is 1. The van der Waals surface area contributed by atoms with E-state index in [4.69, 9.17) is 0 Å². The molecule has 3 rings (SSSR count). The number of H-pyrrole nitrogens is 1. The fraction of sp³-hybridized carbons (Fsp3) is 0.273. The van der Waals surface area contributed by atoms with Crippen LogP contribution in [-0.4, -0.2) is 28.0 Å². The van der Waals surface area contributed by atoms with E-state index >= 15 is 0 Å². The second-order valence-corrected chi connectivity index (χ2v) is 7.02. The van der Waals surface area contributed by atoms with Crippen LogP contribution < -0.4 is 5.32 Å². The Hall–Kier alpha value is -3.08. The van der Waals surface area contributed by atoms with Gasteiger partial charge in [-0.25, -0.2) is 4.79 Å². The summed E-state index contributed by atoms with van der Waals surface area (Å²) in [7, 11) is 0. The lowest BCUT2D eigenvalue weighted by Gasteiger charge is -2.14. The number of rotatable bonds is 7. The zero-order valence-corrected chi connectivity index (χ0v) is 15.6. The number of carboxylic acids is 1. The summed E-state index contributed by atoms with van der Waals surface area (Å²) < 4.78 is 0. The van der Waals surface area contributed by atoms with Gasteiger partial charge in [-0.15, -0.1) is 0 Å². The van der Waals surface area contributed by atoms with Crippen LogP contribution in [-0.2, 0) is 22.4 Å². The predicted octanol–water partition coefficient (Wildman–Crippen LogP) is 3.53. The Morgan fingerprint density at radius 1 is 1.11 bits per heavy atom. The topological polar surface area (TPSA) is 82.2 Å². The van der Waals surface area contributed by atoms with Crippen molar-refractivity contribution >= 4 is 22.8 Å². The number of carbonyl (C=O) groups is 2. The molecule has 1 heterocycles. The van der Waals surface area contributed by atoms with E-state index in [-0.39, 0.29) is 18.7 Å². The monoisotopic (exact) mass is 364 g/mol. The van der Waals surface area contributed by atoms with Crippen molar-refractivity contribution in [2.45, 2.75) is 39.2 Å². The zero-order chi connectivity index (χ0) is 19.4. The third-order valence-corrected chi connectivity index (χ3v) is 4.65. The number of carbonyl (C=O) groups excluding carboxylic acids is 1. The molecule has 0 saturated heterocycles. The van der Waals surface area contributed by atoms with Gasteiger partial charge in [-0.05, 0) is 37.5 Å². The predicted molar refractivity (Wildman–Crippen MR) is 106 cm³/mol. The first-order chi connectivity index (χ1) is 12.9. The molecule has 140 valence electrons. The number of fused-ring (bicyclic) bond motifs is 1. The van der Waals surface area contributed by atoms with Gasteiger partial charge in [0.2, 0.25) is 5.91 Å². The molecule has 0 saturated carbocycles. The molecule has 0 spiro atoms. The Bertz CT molecular complexity index is 954. The van der Waals surface area contributed by atoms with Crippen molar-refractivity contribution in [1.29, 1.82) is 0 Å². The fourth-order valence-electron chi connectivity index (χ4n) is 3.46. The summed E-state index contributed by atoms with van der Waals surface area (Å²) in [5, 5.41) is 13.2. The number of hydrogen-bond acceptors (Lipinski definition) is 2. The summed E-state index contributed by atoms with van der Waals surface area (Å²) in [5.74, 6) is -1.28. The third kappa shape index (κ3) is 4.76. The molecule has 1 aromatic heterocycles. The molecule has 0 radical (unpaired) electrons. The molecule has 0 fully saturated rings. The lowest BCUT2D eigenvalue weighted by molar-refractivity contribution is -0.141. The van der Waals surface area contributed by atoms with Crippen LogP contribution in [0, 0.1) is 13.8 Å². The number of hydrogen-bond donors (Lipinski definition) is 3. The molecule has 2 aromatic carbocycles. The van der Waals surface area contributed by atoms with Gasteiger partial charge in [0, 0.05) is 29.9 Å². The van der Waals surface area contributed by atoms with Gasteiger partial charge in [0.1, 0.15) is 6.04 Å². The molecule has 27 heavy (non-hydrogen) atoms. The number of para-hydroxylation sites is 1. The minimum absolute atomic E-state index is 0.245. The summed E-state index contributed by atoms with van der Waals surface area (Å²) in [6.45, 7) is 4.05. The van der Waals surface area contributed by atoms with Crippen LogP contribution in [0.4, 0.5) is 0 Å². The average molecular weight is 364 g/mol. The average Bonchev–Trinajstić information content (AvgIpc) is 3.02. The highest BCUT2D eigenvalue weighted by atomic mass is 16.4. The van der Waals surface area contributed by atoms with E-state index in [1.165, 1.54) is 0 Å². The van der Waals surface area contributed by atoms with E-state index in [1.807, 2.05) is 44.3 Å². The van der Waals surface area contributed by atoms with E-state index in [2.05, 4.69) is 28.5 Å². The Kier molecular flexibility index (Phi) is 5.60. The van der Waals surface area contributed by atoms with Crippen molar-refractivity contribution in [2.75, 3.05) is 0 Å². The first-order valence-electron chi connectivity index (χ1n) is 9.06. The normalized spacial score (nSPS) is 12.1. The summed E-state index contributed by atoms with van der Waals surface area (Å²) in [6.07, 6.45) is 2.91. The largest absolute Gasteiger partial charge is 0.480 e. The van der Waals surface area contributed by atoms with Crippen LogP contribution in [0.3, 0.4) is 0 Å². The highest BCUT2D eigenvalue weighted by Crippen LogP contribution is 2.19. The van der Waals surface area contributed by atoms with Crippen LogP contribution >= 0.6 is 0 Å². The smallest absolute Gasteiger partial charge is 0.326 e. The van der Waals surface area contributed by atoms with Gasteiger partial charge in [-0.3, -0.25) is 4.79 Å². The van der Waals surface area contributed by atoms with Crippen molar-refractivity contribution < 1.29 is 14.7 Å². The van der Waals surface area contributed by atoms with Gasteiger partial charge in [0.05, 0.1) is 0 Å². The minimum atomic E-state index is -1.03. The molecule has 1 unspecified atom stereocenters. The van der Waals surface area contributed by atoms with Crippen LogP contribution in [0.1, 0.15) is 28.7 Å². The Morgan fingerprint density at radius 3 is 2.52 bits per heavy atom. The third-order valence-electron chi connectivity index (χ3n) is 4.65. The Balaban J connectivity index is 1.63. The molecule has 5 nitrogen and oxygen atoms in total. The molecule has 0 aliphatic carbocycles. The maximum Gasteiger partial charge on any atom is 0.326 e. The molecule has 1 atom stereocenters. The van der Waals surface area contributed by atoms with E-state index in [0.29, 0.717) is 6.42 Å². The van der Waals surface area contributed by atoms with Crippen LogP contribution in [0.5, 0.6) is 0 Å². The summed E-state index contributed by atoms with van der Waals surface area (Å²) in [4.78, 5) is 27.1. The van der Waals surface area contributed by atoms with E-state index in [0.717, 1.165) is 33.2 Å². The van der Waals surface area contributed by atoms with Crippen LogP contribution in [0.25, 0.3) is 10.9 Å². The summed E-state index contributed by atoms with van der Waals surface area (Å²) >= 11 is 0. The molecule has 3 aromatic rings. The van der Waals surface area contributed by atoms with Gasteiger partial charge in [-0.2, -0.15) is 0 Å². The number of benzene rings is 2. The molecule has 3 N–H and O–H groups in total. The van der Waals surface area contributed by atoms with E-state index in [1.54, 1.807) is 0 Å². The number of aryl methyl sites for hydroxylation is 3. The second kappa shape index (κ2) is 8.08. The van der Waals surface area contributed by atoms with Crippen LogP contribution in [0.2, 0.25) is 0 Å². The maximum absolute atomic E-state index is 12.3. The number of aliphatic carboxylic acids is 1. The van der Waals surface area contributed by atoms with Gasteiger partial charge in [-0.1, -0.05) is 47.5 Å². The van der Waals surface area contributed by atoms with Crippen molar-refractivity contribution in [3.8, 4) is 0 Å². The molecule has 5 heteroatoms. The fourth-order valence-corrected chi connectivity index (χ4v) is 3.46. The first kappa shape index (κ1) is 18.7. The minimum Gasteiger partial charge on any atom is -0.480 e. The lowest BCUT2D eigenvalue weighted by atomic mass is 10.0. The van der Waals surface area contributed by atoms with Crippen molar-refractivity contribution in [2.24, 2.45) is 0 Å². The number of amides is 1. The lowest BCUT2D eigenvalue weighted by Crippen LogP contribution is -2.42. The summed E-state index contributed by atoms with van der Waals surface area (Å²) in [5.41, 5.74) is 5.25. The molecule has 0 aliphatic rings. The van der Waals surface area contributed by atoms with E-state index in [9.17, 15) is 14.7 Å². The van der Waals surface area contributed by atoms with Crippen LogP contribution in [0.15, 0.2) is 48.7 Å². The molecule has 1 amide bonds. The molecule has 0 aliphatic heterocycles. The van der Waals surface area contributed by atoms with Crippen molar-refractivity contribution in [3.05, 3.63) is 70.9 Å². The highest BCUT2D eigenvalue weighted by Gasteiger charge is 2.21. The molecular formula is C22H24N2O3. The SMILES string of the molecule is Cc1cc(C)cc(CCC(=O)NC(Cc2c[nH]c3ccccc23)C(=O)O)c1. The second-order valence-electron chi connectivity index (χ2n) is 7.02. The van der Waals surface area contributed by atoms with Crippen molar-refractivity contribution in [1.82, 2.24) is 10.3 Å². The number of carboxylic acid groups (broad SMARTS) is 1. The van der Waals surface area contributed by atoms with Crippen molar-refractivity contribution in [3.63, 3.8) is 0 Å². The Morgan fingerprint density at radius 2 is 1.81 bits per heavy atom. The first-order valence-corrected chi connectivity index (χ1v) is 9.06. The van der Waals surface area contributed by atoms with Gasteiger partial charge < -0.3 is 15.4 Å². The number of aromatic nitrogens is 1. The summed E-state index contributed by atoms with van der Waals surface area (Å²) in [6, 6.07) is 13.0. The highest BCUT2D eigenvalue weighted by molar-refractivity contribution is 5.86. The number of nitrogens with one attached hydrogen (secondary N) is 2. The Labute approximate surface area is 158 Å². The van der Waals surface area contributed by atoms with Gasteiger partial charge in [0.15, 0.2) is 0 Å². The van der Waals surface area contributed by atoms with Gasteiger partial charge >= 0.3 is 5.97 Å². The quantitative estimate of drug-likeness (QED) is 0.600. The standard InChI is InChI=1S/C22H24N2O3/c1-14-9-15(2)11-16(10-14)7-8-21(25)24-20(22(26)27)12-17-13-23-19-6-4-3-5-18(17)19/h3-6,9-11,13,20,23H,7-8,12H2,1-2H3,(H,24,25)(H,26,27).